The van der Waals surface area contributed by atoms with Gasteiger partial charge in [-0.05, 0) is 48.1 Å². The van der Waals surface area contributed by atoms with Crippen LogP contribution in [0.1, 0.15) is 34.6 Å². The van der Waals surface area contributed by atoms with Crippen LogP contribution in [0.5, 0.6) is 5.75 Å². The maximum absolute atomic E-state index is 13.1. The van der Waals surface area contributed by atoms with Crippen LogP contribution in [0.4, 0.5) is 0 Å². The second kappa shape index (κ2) is 8.53. The van der Waals surface area contributed by atoms with Crippen LogP contribution in [-0.4, -0.2) is 24.1 Å². The molecule has 4 rings (SSSR count). The maximum atomic E-state index is 13.1. The first-order chi connectivity index (χ1) is 14.2. The molecule has 4 nitrogen and oxygen atoms in total. The quantitative estimate of drug-likeness (QED) is 0.455. The summed E-state index contributed by atoms with van der Waals surface area (Å²) in [6.45, 7) is 2.69. The summed E-state index contributed by atoms with van der Waals surface area (Å²) in [5.41, 5.74) is 4.06. The van der Waals surface area contributed by atoms with E-state index >= 15 is 0 Å². The minimum absolute atomic E-state index is 0.0499. The number of rotatable bonds is 7. The largest absolute Gasteiger partial charge is 0.496 e. The third-order valence-corrected chi connectivity index (χ3v) is 6.09. The molecule has 0 saturated carbocycles. The molecule has 0 aliphatic carbocycles. The molecule has 0 unspecified atom stereocenters. The predicted molar refractivity (Wildman–Crippen MR) is 119 cm³/mol. The summed E-state index contributed by atoms with van der Waals surface area (Å²) in [6.07, 6.45) is 0.721. The molecule has 4 aromatic rings. The van der Waals surface area contributed by atoms with E-state index in [2.05, 4.69) is 40.4 Å². The zero-order valence-electron chi connectivity index (χ0n) is 16.6. The fraction of sp³-hybridized carbons (Fsp3) is 0.208. The lowest BCUT2D eigenvalue weighted by atomic mass is 10.1. The molecule has 1 N–H and O–H groups in total. The molecule has 2 aromatic heterocycles. The van der Waals surface area contributed by atoms with E-state index in [9.17, 15) is 4.79 Å². The molecule has 0 aliphatic rings. The van der Waals surface area contributed by atoms with Crippen LogP contribution in [0.2, 0.25) is 0 Å². The first-order valence-corrected chi connectivity index (χ1v) is 10.6. The number of thiophene rings is 1. The fourth-order valence-corrected chi connectivity index (χ4v) is 4.54. The maximum Gasteiger partial charge on any atom is 0.268 e. The van der Waals surface area contributed by atoms with E-state index in [0.29, 0.717) is 12.2 Å². The van der Waals surface area contributed by atoms with E-state index < -0.39 is 0 Å². The van der Waals surface area contributed by atoms with E-state index in [1.807, 2.05) is 48.5 Å². The summed E-state index contributed by atoms with van der Waals surface area (Å²) in [7, 11) is 1.67. The monoisotopic (exact) mass is 404 g/mol. The number of carbonyl (C=O) groups excluding carboxylic acids is 1. The number of ether oxygens (including phenoxy) is 1. The van der Waals surface area contributed by atoms with Crippen molar-refractivity contribution in [3.8, 4) is 5.75 Å². The van der Waals surface area contributed by atoms with Gasteiger partial charge in [0.2, 0.25) is 0 Å². The van der Waals surface area contributed by atoms with Crippen LogP contribution in [0.25, 0.3) is 10.2 Å². The highest BCUT2D eigenvalue weighted by molar-refractivity contribution is 7.17. The molecule has 0 bridgehead atoms. The average molecular weight is 405 g/mol. The second-order valence-corrected chi connectivity index (χ2v) is 7.92. The number of amides is 1. The van der Waals surface area contributed by atoms with E-state index in [-0.39, 0.29) is 11.9 Å². The normalized spacial score (nSPS) is 12.1. The Morgan fingerprint density at radius 3 is 2.66 bits per heavy atom. The fourth-order valence-electron chi connectivity index (χ4n) is 3.73. The van der Waals surface area contributed by atoms with E-state index in [0.717, 1.165) is 28.0 Å². The minimum Gasteiger partial charge on any atom is -0.496 e. The SMILES string of the molecule is COc1ccccc1CCNC(=O)c1cc2sccc2n1[C@H](C)c1ccccc1. The number of aromatic nitrogens is 1. The lowest BCUT2D eigenvalue weighted by molar-refractivity contribution is 0.0944. The molecule has 0 spiro atoms. The smallest absolute Gasteiger partial charge is 0.268 e. The van der Waals surface area contributed by atoms with Gasteiger partial charge in [0.1, 0.15) is 11.4 Å². The van der Waals surface area contributed by atoms with Gasteiger partial charge in [-0.2, -0.15) is 0 Å². The number of nitrogens with one attached hydrogen (secondary N) is 1. The number of methoxy groups -OCH3 is 1. The summed E-state index contributed by atoms with van der Waals surface area (Å²) in [5.74, 6) is 0.800. The molecular weight excluding hydrogens is 380 g/mol. The number of benzene rings is 2. The van der Waals surface area contributed by atoms with Crippen LogP contribution in [0.3, 0.4) is 0 Å². The molecule has 1 amide bonds. The topological polar surface area (TPSA) is 43.3 Å². The molecule has 5 heteroatoms. The number of hydrogen-bond donors (Lipinski definition) is 1. The number of nitrogens with zero attached hydrogens (tertiary/aromatic N) is 1. The van der Waals surface area contributed by atoms with Gasteiger partial charge in [0.15, 0.2) is 0 Å². The highest BCUT2D eigenvalue weighted by Gasteiger charge is 2.21. The van der Waals surface area contributed by atoms with Crippen LogP contribution in [-0.2, 0) is 6.42 Å². The predicted octanol–water partition coefficient (Wildman–Crippen LogP) is 5.29. The Morgan fingerprint density at radius 2 is 1.86 bits per heavy atom. The summed E-state index contributed by atoms with van der Waals surface area (Å²) < 4.78 is 8.67. The van der Waals surface area contributed by atoms with Gasteiger partial charge < -0.3 is 14.6 Å². The van der Waals surface area contributed by atoms with E-state index in [1.54, 1.807) is 18.4 Å². The standard InChI is InChI=1S/C24H24N2O2S/c1-17(18-8-4-3-5-9-18)26-20-13-15-29-23(20)16-21(26)24(27)25-14-12-19-10-6-7-11-22(19)28-2/h3-11,13,15-17H,12,14H2,1-2H3,(H,25,27)/t17-/m1/s1. The molecule has 148 valence electrons. The Labute approximate surface area is 174 Å². The molecule has 1 atom stereocenters. The molecule has 2 aromatic carbocycles. The molecule has 29 heavy (non-hydrogen) atoms. The first-order valence-electron chi connectivity index (χ1n) is 9.72. The van der Waals surface area contributed by atoms with Crippen molar-refractivity contribution < 1.29 is 9.53 Å². The van der Waals surface area contributed by atoms with E-state index in [4.69, 9.17) is 4.74 Å². The number of carbonyl (C=O) groups is 1. The second-order valence-electron chi connectivity index (χ2n) is 6.97. The lowest BCUT2D eigenvalue weighted by Crippen LogP contribution is -2.28. The molecule has 2 heterocycles. The molecule has 0 radical (unpaired) electrons. The molecule has 0 fully saturated rings. The van der Waals surface area contributed by atoms with Crippen molar-refractivity contribution in [1.82, 2.24) is 9.88 Å². The van der Waals surface area contributed by atoms with Crippen molar-refractivity contribution >= 4 is 27.5 Å². The van der Waals surface area contributed by atoms with Gasteiger partial charge in [0, 0.05) is 6.54 Å². The average Bonchev–Trinajstić information content (AvgIpc) is 3.35. The Balaban J connectivity index is 1.55. The number of hydrogen-bond acceptors (Lipinski definition) is 3. The van der Waals surface area contributed by atoms with Crippen LogP contribution in [0, 0.1) is 0 Å². The van der Waals surface area contributed by atoms with Gasteiger partial charge in [0.25, 0.3) is 5.91 Å². The van der Waals surface area contributed by atoms with Crippen LogP contribution >= 0.6 is 11.3 Å². The molecular formula is C24H24N2O2S. The van der Waals surface area contributed by atoms with Crippen molar-refractivity contribution in [2.24, 2.45) is 0 Å². The van der Waals surface area contributed by atoms with Gasteiger partial charge in [-0.1, -0.05) is 48.5 Å². The van der Waals surface area contributed by atoms with Crippen molar-refractivity contribution in [3.05, 3.63) is 88.9 Å². The highest BCUT2D eigenvalue weighted by Crippen LogP contribution is 2.31. The third-order valence-electron chi connectivity index (χ3n) is 5.23. The third kappa shape index (κ3) is 3.91. The minimum atomic E-state index is -0.0499. The Hall–Kier alpha value is -3.05. The summed E-state index contributed by atoms with van der Waals surface area (Å²) >= 11 is 1.66. The summed E-state index contributed by atoms with van der Waals surface area (Å²) in [5, 5.41) is 5.16. The van der Waals surface area contributed by atoms with Crippen molar-refractivity contribution in [1.29, 1.82) is 0 Å². The number of para-hydroxylation sites is 1. The van der Waals surface area contributed by atoms with Crippen LogP contribution in [0.15, 0.2) is 72.1 Å². The zero-order valence-corrected chi connectivity index (χ0v) is 17.4. The van der Waals surface area contributed by atoms with Gasteiger partial charge in [-0.3, -0.25) is 4.79 Å². The summed E-state index contributed by atoms with van der Waals surface area (Å²) in [4.78, 5) is 13.1. The molecule has 0 aliphatic heterocycles. The lowest BCUT2D eigenvalue weighted by Gasteiger charge is -2.19. The van der Waals surface area contributed by atoms with Gasteiger partial charge in [0.05, 0.1) is 23.4 Å². The van der Waals surface area contributed by atoms with E-state index in [1.165, 1.54) is 5.56 Å². The summed E-state index contributed by atoms with van der Waals surface area (Å²) in [6, 6.07) is 22.3. The first kappa shape index (κ1) is 19.3. The highest BCUT2D eigenvalue weighted by atomic mass is 32.1. The Kier molecular flexibility index (Phi) is 5.67. The van der Waals surface area contributed by atoms with Gasteiger partial charge in [-0.15, -0.1) is 11.3 Å². The Morgan fingerprint density at radius 1 is 1.10 bits per heavy atom. The van der Waals surface area contributed by atoms with Crippen molar-refractivity contribution in [3.63, 3.8) is 0 Å². The Bertz CT molecular complexity index is 1110. The zero-order chi connectivity index (χ0) is 20.2. The van der Waals surface area contributed by atoms with Crippen molar-refractivity contribution in [2.75, 3.05) is 13.7 Å². The van der Waals surface area contributed by atoms with Crippen molar-refractivity contribution in [2.45, 2.75) is 19.4 Å². The van der Waals surface area contributed by atoms with Gasteiger partial charge in [-0.25, -0.2) is 0 Å². The number of fused-ring (bicyclic) bond motifs is 1. The molecule has 0 saturated heterocycles. The van der Waals surface area contributed by atoms with Gasteiger partial charge >= 0.3 is 0 Å². The van der Waals surface area contributed by atoms with Crippen LogP contribution < -0.4 is 10.1 Å².